The summed E-state index contributed by atoms with van der Waals surface area (Å²) >= 11 is 0. The molecule has 0 radical (unpaired) electrons. The van der Waals surface area contributed by atoms with Gasteiger partial charge in [-0.25, -0.2) is 9.69 Å². The van der Waals surface area contributed by atoms with Crippen LogP contribution in [0.15, 0.2) is 42.5 Å². The van der Waals surface area contributed by atoms with Gasteiger partial charge in [-0.2, -0.15) is 0 Å². The molecule has 4 rings (SSSR count). The molecule has 0 bridgehead atoms. The lowest BCUT2D eigenvalue weighted by molar-refractivity contribution is -0.384. The summed E-state index contributed by atoms with van der Waals surface area (Å²) in [5, 5.41) is 14.0. The Morgan fingerprint density at radius 3 is 2.49 bits per heavy atom. The molecule has 0 aliphatic carbocycles. The quantitative estimate of drug-likeness (QED) is 0.356. The second-order valence-electron chi connectivity index (χ2n) is 9.26. The lowest BCUT2D eigenvalue weighted by Crippen LogP contribution is -2.72. The van der Waals surface area contributed by atoms with Gasteiger partial charge in [0.15, 0.2) is 5.41 Å². The van der Waals surface area contributed by atoms with Crippen molar-refractivity contribution in [2.75, 3.05) is 16.3 Å². The molecule has 9 nitrogen and oxygen atoms in total. The number of nitro benzene ring substituents is 1. The van der Waals surface area contributed by atoms with Gasteiger partial charge in [0.2, 0.25) is 5.91 Å². The molecule has 2 atom stereocenters. The van der Waals surface area contributed by atoms with Crippen molar-refractivity contribution < 1.29 is 19.3 Å². The Hall–Kier alpha value is -3.75. The number of anilines is 2. The first-order valence-corrected chi connectivity index (χ1v) is 12.1. The number of benzene rings is 2. The van der Waals surface area contributed by atoms with Crippen LogP contribution < -0.4 is 15.1 Å². The minimum absolute atomic E-state index is 0.0162. The number of imide groups is 2. The van der Waals surface area contributed by atoms with Crippen LogP contribution in [0, 0.1) is 22.5 Å². The van der Waals surface area contributed by atoms with E-state index in [0.29, 0.717) is 24.2 Å². The molecule has 1 fully saturated rings. The normalized spacial score (nSPS) is 21.8. The minimum Gasteiger partial charge on any atom is -0.367 e. The van der Waals surface area contributed by atoms with Gasteiger partial charge < -0.3 is 4.90 Å². The lowest BCUT2D eigenvalue weighted by Gasteiger charge is -2.52. The number of hydrogen-bond donors (Lipinski definition) is 1. The summed E-state index contributed by atoms with van der Waals surface area (Å²) in [7, 11) is 0. The highest BCUT2D eigenvalue weighted by atomic mass is 16.6. The van der Waals surface area contributed by atoms with Gasteiger partial charge in [-0.05, 0) is 43.0 Å². The zero-order valence-corrected chi connectivity index (χ0v) is 20.2. The van der Waals surface area contributed by atoms with E-state index >= 15 is 0 Å². The van der Waals surface area contributed by atoms with E-state index in [9.17, 15) is 24.5 Å². The number of aryl methyl sites for hydroxylation is 1. The van der Waals surface area contributed by atoms with E-state index in [-0.39, 0.29) is 12.1 Å². The summed E-state index contributed by atoms with van der Waals surface area (Å²) < 4.78 is 0. The summed E-state index contributed by atoms with van der Waals surface area (Å²) in [5.41, 5.74) is 0.809. The topological polar surface area (TPSA) is 113 Å². The van der Waals surface area contributed by atoms with Gasteiger partial charge in [-0.15, -0.1) is 0 Å². The van der Waals surface area contributed by atoms with Crippen LogP contribution in [0.2, 0.25) is 0 Å². The predicted molar refractivity (Wildman–Crippen MR) is 132 cm³/mol. The number of hydrogen-bond acceptors (Lipinski definition) is 6. The Morgan fingerprint density at radius 2 is 1.83 bits per heavy atom. The second kappa shape index (κ2) is 9.48. The van der Waals surface area contributed by atoms with Gasteiger partial charge in [-0.1, -0.05) is 44.9 Å². The van der Waals surface area contributed by atoms with E-state index in [4.69, 9.17) is 0 Å². The number of nitro groups is 1. The van der Waals surface area contributed by atoms with Gasteiger partial charge in [0.1, 0.15) is 0 Å². The molecule has 0 aromatic heterocycles. The summed E-state index contributed by atoms with van der Waals surface area (Å²) in [6, 6.07) is 10.4. The Labute approximate surface area is 204 Å². The van der Waals surface area contributed by atoms with Crippen LogP contribution in [0.3, 0.4) is 0 Å². The highest BCUT2D eigenvalue weighted by Crippen LogP contribution is 2.47. The SMILES string of the molecule is CCCCN1c2ccc([N+](=O)[O-])cc2CC2(C(=O)NC(=O)N(c3ccccc3C)C2=O)C1CCC. The third-order valence-corrected chi connectivity index (χ3v) is 7.08. The third kappa shape index (κ3) is 3.94. The Balaban J connectivity index is 1.93. The smallest absolute Gasteiger partial charge is 0.335 e. The molecular weight excluding hydrogens is 448 g/mol. The van der Waals surface area contributed by atoms with Crippen LogP contribution in [0.5, 0.6) is 0 Å². The fourth-order valence-corrected chi connectivity index (χ4v) is 5.38. The first-order valence-electron chi connectivity index (χ1n) is 12.1. The number of carbonyl (C=O) groups is 3. The van der Waals surface area contributed by atoms with Crippen LogP contribution >= 0.6 is 0 Å². The van der Waals surface area contributed by atoms with Gasteiger partial charge in [0.25, 0.3) is 11.6 Å². The van der Waals surface area contributed by atoms with Crippen molar-refractivity contribution in [3.63, 3.8) is 0 Å². The number of para-hydroxylation sites is 1. The number of nitrogens with zero attached hydrogens (tertiary/aromatic N) is 3. The minimum atomic E-state index is -1.60. The Kier molecular flexibility index (Phi) is 6.60. The monoisotopic (exact) mass is 478 g/mol. The molecule has 184 valence electrons. The van der Waals surface area contributed by atoms with E-state index in [1.807, 2.05) is 13.0 Å². The van der Waals surface area contributed by atoms with Gasteiger partial charge in [-0.3, -0.25) is 25.0 Å². The fourth-order valence-electron chi connectivity index (χ4n) is 5.38. The van der Waals surface area contributed by atoms with Gasteiger partial charge in [0.05, 0.1) is 16.7 Å². The van der Waals surface area contributed by atoms with Crippen molar-refractivity contribution in [1.82, 2.24) is 5.32 Å². The number of unbranched alkanes of at least 4 members (excludes halogenated alkanes) is 1. The number of urea groups is 1. The van der Waals surface area contributed by atoms with Crippen LogP contribution in [-0.2, 0) is 16.0 Å². The molecule has 2 aliphatic heterocycles. The maximum atomic E-state index is 14.3. The molecule has 2 aromatic rings. The number of nitrogens with one attached hydrogen (secondary N) is 1. The molecule has 2 unspecified atom stereocenters. The van der Waals surface area contributed by atoms with Crippen molar-refractivity contribution in [2.45, 2.75) is 58.9 Å². The molecular formula is C26H30N4O5. The average Bonchev–Trinajstić information content (AvgIpc) is 2.83. The van der Waals surface area contributed by atoms with Crippen LogP contribution in [0.4, 0.5) is 21.9 Å². The molecule has 4 amide bonds. The van der Waals surface area contributed by atoms with E-state index < -0.39 is 34.2 Å². The zero-order chi connectivity index (χ0) is 25.3. The standard InChI is InChI=1S/C26H30N4O5/c1-4-6-14-28-21-13-12-19(30(34)35)15-18(21)16-26(22(28)9-5-2)23(31)27-25(33)29(24(26)32)20-11-8-7-10-17(20)3/h7-8,10-13,15,22H,4-6,9,14,16H2,1-3H3,(H,27,31,33). The maximum absolute atomic E-state index is 14.3. The Morgan fingerprint density at radius 1 is 1.09 bits per heavy atom. The van der Waals surface area contributed by atoms with Crippen LogP contribution in [0.1, 0.15) is 50.7 Å². The Bertz CT molecular complexity index is 1200. The van der Waals surface area contributed by atoms with Crippen LogP contribution in [0.25, 0.3) is 0 Å². The van der Waals surface area contributed by atoms with Crippen molar-refractivity contribution in [2.24, 2.45) is 5.41 Å². The summed E-state index contributed by atoms with van der Waals surface area (Å²) in [6.45, 7) is 6.44. The predicted octanol–water partition coefficient (Wildman–Crippen LogP) is 4.50. The van der Waals surface area contributed by atoms with Crippen molar-refractivity contribution in [1.29, 1.82) is 0 Å². The van der Waals surface area contributed by atoms with E-state index in [1.165, 1.54) is 12.1 Å². The maximum Gasteiger partial charge on any atom is 0.335 e. The van der Waals surface area contributed by atoms with Gasteiger partial charge >= 0.3 is 6.03 Å². The van der Waals surface area contributed by atoms with Crippen molar-refractivity contribution in [3.8, 4) is 0 Å². The molecule has 35 heavy (non-hydrogen) atoms. The molecule has 2 heterocycles. The molecule has 0 saturated carbocycles. The highest BCUT2D eigenvalue weighted by Gasteiger charge is 2.62. The molecule has 1 spiro atoms. The summed E-state index contributed by atoms with van der Waals surface area (Å²) in [4.78, 5) is 55.1. The lowest BCUT2D eigenvalue weighted by atomic mass is 9.67. The molecule has 9 heteroatoms. The largest absolute Gasteiger partial charge is 0.367 e. The van der Waals surface area contributed by atoms with E-state index in [0.717, 1.165) is 35.4 Å². The summed E-state index contributed by atoms with van der Waals surface area (Å²) in [5.74, 6) is -1.23. The van der Waals surface area contributed by atoms with E-state index in [1.54, 1.807) is 31.2 Å². The molecule has 2 aromatic carbocycles. The average molecular weight is 479 g/mol. The number of fused-ring (bicyclic) bond motifs is 1. The first-order chi connectivity index (χ1) is 16.8. The molecule has 1 saturated heterocycles. The van der Waals surface area contributed by atoms with Gasteiger partial charge in [0, 0.05) is 30.8 Å². The highest BCUT2D eigenvalue weighted by molar-refractivity contribution is 6.31. The first kappa shape index (κ1) is 24.4. The van der Waals surface area contributed by atoms with E-state index in [2.05, 4.69) is 17.1 Å². The number of carbonyl (C=O) groups excluding carboxylic acids is 3. The van der Waals surface area contributed by atoms with Crippen LogP contribution in [-0.4, -0.2) is 35.4 Å². The second-order valence-corrected chi connectivity index (χ2v) is 9.26. The van der Waals surface area contributed by atoms with Crippen molar-refractivity contribution in [3.05, 3.63) is 63.7 Å². The van der Waals surface area contributed by atoms with Crippen molar-refractivity contribution >= 4 is 34.9 Å². The number of non-ortho nitro benzene ring substituents is 1. The number of amides is 4. The fraction of sp³-hybridized carbons (Fsp3) is 0.423. The zero-order valence-electron chi connectivity index (χ0n) is 20.2. The molecule has 1 N–H and O–H groups in total. The third-order valence-electron chi connectivity index (χ3n) is 7.08. The molecule has 2 aliphatic rings. The number of barbiturate groups is 1. The summed E-state index contributed by atoms with van der Waals surface area (Å²) in [6.07, 6.45) is 2.98. The number of rotatable bonds is 7.